The fraction of sp³-hybridized carbons (Fsp3) is 0.417. The Morgan fingerprint density at radius 3 is 1.67 bits per heavy atom. The van der Waals surface area contributed by atoms with E-state index in [0.717, 1.165) is 0 Å². The second kappa shape index (κ2) is 8.98. The zero-order valence-electron chi connectivity index (χ0n) is 9.96. The smallest absolute Gasteiger partial charge is 0.307 e. The quantitative estimate of drug-likeness (QED) is 0.487. The Hall–Kier alpha value is -2.11. The molecule has 0 bridgehead atoms. The number of hydrogen-bond donors (Lipinski definition) is 1. The summed E-state index contributed by atoms with van der Waals surface area (Å²) in [7, 11) is 0. The first-order valence-corrected chi connectivity index (χ1v) is 5.27. The van der Waals surface area contributed by atoms with E-state index in [-0.39, 0.29) is 26.1 Å². The van der Waals surface area contributed by atoms with Gasteiger partial charge in [0.05, 0.1) is 18.8 Å². The Morgan fingerprint density at radius 1 is 1.00 bits per heavy atom. The molecule has 6 heteroatoms. The molecule has 0 radical (unpaired) electrons. The molecule has 0 aromatic rings. The summed E-state index contributed by atoms with van der Waals surface area (Å²) in [6, 6.07) is 0. The van der Waals surface area contributed by atoms with Crippen LogP contribution >= 0.6 is 0 Å². The van der Waals surface area contributed by atoms with Crippen LogP contribution in [-0.4, -0.2) is 36.2 Å². The molecule has 1 N–H and O–H groups in total. The Labute approximate surface area is 105 Å². The SMILES string of the molecule is C=CCOC(=O)CC(CC(=O)OCC=C)C(=O)O. The van der Waals surface area contributed by atoms with Crippen LogP contribution in [0.3, 0.4) is 0 Å². The molecule has 0 aliphatic heterocycles. The molecule has 0 aliphatic carbocycles. The minimum atomic E-state index is -1.25. The second-order valence-corrected chi connectivity index (χ2v) is 3.39. The van der Waals surface area contributed by atoms with Gasteiger partial charge >= 0.3 is 17.9 Å². The van der Waals surface area contributed by atoms with E-state index in [1.165, 1.54) is 12.2 Å². The summed E-state index contributed by atoms with van der Waals surface area (Å²) in [5, 5.41) is 8.87. The van der Waals surface area contributed by atoms with E-state index < -0.39 is 23.8 Å². The van der Waals surface area contributed by atoms with Gasteiger partial charge in [0.15, 0.2) is 0 Å². The zero-order valence-corrected chi connectivity index (χ0v) is 9.96. The van der Waals surface area contributed by atoms with Gasteiger partial charge in [0.1, 0.15) is 13.2 Å². The van der Waals surface area contributed by atoms with Crippen LogP contribution in [0.4, 0.5) is 0 Å². The maximum Gasteiger partial charge on any atom is 0.307 e. The first-order valence-electron chi connectivity index (χ1n) is 5.27. The van der Waals surface area contributed by atoms with Crippen molar-refractivity contribution in [3.8, 4) is 0 Å². The van der Waals surface area contributed by atoms with Crippen molar-refractivity contribution in [2.45, 2.75) is 12.8 Å². The van der Waals surface area contributed by atoms with Crippen LogP contribution in [0, 0.1) is 5.92 Å². The van der Waals surface area contributed by atoms with E-state index in [2.05, 4.69) is 22.6 Å². The standard InChI is InChI=1S/C12H16O6/c1-3-5-17-10(13)7-9(12(15)16)8-11(14)18-6-4-2/h3-4,9H,1-2,5-8H2,(H,15,16). The lowest BCUT2D eigenvalue weighted by Crippen LogP contribution is -2.23. The summed E-state index contributed by atoms with van der Waals surface area (Å²) < 4.78 is 9.29. The molecule has 0 atom stereocenters. The number of aliphatic carboxylic acids is 1. The highest BCUT2D eigenvalue weighted by Gasteiger charge is 2.25. The van der Waals surface area contributed by atoms with Crippen LogP contribution in [-0.2, 0) is 23.9 Å². The third kappa shape index (κ3) is 7.21. The first-order chi connectivity index (χ1) is 8.51. The molecule has 100 valence electrons. The first kappa shape index (κ1) is 15.9. The summed E-state index contributed by atoms with van der Waals surface area (Å²) in [6.45, 7) is 6.72. The summed E-state index contributed by atoms with van der Waals surface area (Å²) in [5.74, 6) is -3.79. The van der Waals surface area contributed by atoms with E-state index in [0.29, 0.717) is 0 Å². The lowest BCUT2D eigenvalue weighted by Gasteiger charge is -2.10. The molecule has 0 rings (SSSR count). The third-order valence-corrected chi connectivity index (χ3v) is 1.90. The highest BCUT2D eigenvalue weighted by Crippen LogP contribution is 2.11. The van der Waals surface area contributed by atoms with Crippen LogP contribution < -0.4 is 0 Å². The lowest BCUT2D eigenvalue weighted by atomic mass is 10.0. The fourth-order valence-electron chi connectivity index (χ4n) is 1.07. The molecule has 0 heterocycles. The fourth-order valence-corrected chi connectivity index (χ4v) is 1.07. The molecule has 0 spiro atoms. The minimum absolute atomic E-state index is 0.00603. The summed E-state index contributed by atoms with van der Waals surface area (Å²) in [4.78, 5) is 33.3. The molecule has 0 aliphatic rings. The van der Waals surface area contributed by atoms with Crippen LogP contribution in [0.2, 0.25) is 0 Å². The number of carbonyl (C=O) groups is 3. The van der Waals surface area contributed by atoms with Gasteiger partial charge in [-0.05, 0) is 0 Å². The lowest BCUT2D eigenvalue weighted by molar-refractivity contribution is -0.155. The van der Waals surface area contributed by atoms with Crippen molar-refractivity contribution < 1.29 is 29.0 Å². The van der Waals surface area contributed by atoms with Crippen molar-refractivity contribution in [2.75, 3.05) is 13.2 Å². The molecule has 6 nitrogen and oxygen atoms in total. The average Bonchev–Trinajstić information content (AvgIpc) is 2.32. The predicted octanol–water partition coefficient (Wildman–Crippen LogP) is 0.926. The van der Waals surface area contributed by atoms with Crippen molar-refractivity contribution in [1.82, 2.24) is 0 Å². The van der Waals surface area contributed by atoms with Crippen LogP contribution in [0.5, 0.6) is 0 Å². The van der Waals surface area contributed by atoms with Crippen molar-refractivity contribution in [1.29, 1.82) is 0 Å². The predicted molar refractivity (Wildman–Crippen MR) is 62.7 cm³/mol. The van der Waals surface area contributed by atoms with Gasteiger partial charge in [0, 0.05) is 0 Å². The van der Waals surface area contributed by atoms with Crippen molar-refractivity contribution in [2.24, 2.45) is 5.92 Å². The maximum absolute atomic E-state index is 11.2. The monoisotopic (exact) mass is 256 g/mol. The summed E-state index contributed by atoms with van der Waals surface area (Å²) >= 11 is 0. The highest BCUT2D eigenvalue weighted by molar-refractivity contribution is 5.83. The molecule has 0 amide bonds. The van der Waals surface area contributed by atoms with Gasteiger partial charge in [-0.25, -0.2) is 0 Å². The van der Waals surface area contributed by atoms with Gasteiger partial charge in [0.25, 0.3) is 0 Å². The number of carboxylic acids is 1. The molecule has 18 heavy (non-hydrogen) atoms. The normalized spacial score (nSPS) is 9.61. The summed E-state index contributed by atoms with van der Waals surface area (Å²) in [5.41, 5.74) is 0. The molecule has 0 saturated carbocycles. The highest BCUT2D eigenvalue weighted by atomic mass is 16.5. The van der Waals surface area contributed by atoms with Crippen LogP contribution in [0.25, 0.3) is 0 Å². The minimum Gasteiger partial charge on any atom is -0.481 e. The largest absolute Gasteiger partial charge is 0.481 e. The Kier molecular flexibility index (Phi) is 7.92. The molecule has 0 unspecified atom stereocenters. The van der Waals surface area contributed by atoms with E-state index in [1.54, 1.807) is 0 Å². The summed E-state index contributed by atoms with van der Waals surface area (Å²) in [6.07, 6.45) is 1.97. The van der Waals surface area contributed by atoms with E-state index in [4.69, 9.17) is 5.11 Å². The van der Waals surface area contributed by atoms with Crippen LogP contribution in [0.1, 0.15) is 12.8 Å². The van der Waals surface area contributed by atoms with Gasteiger partial charge in [0.2, 0.25) is 0 Å². The van der Waals surface area contributed by atoms with E-state index in [1.807, 2.05) is 0 Å². The van der Waals surface area contributed by atoms with E-state index >= 15 is 0 Å². The number of carbonyl (C=O) groups excluding carboxylic acids is 2. The van der Waals surface area contributed by atoms with E-state index in [9.17, 15) is 14.4 Å². The Morgan fingerprint density at radius 2 is 1.39 bits per heavy atom. The average molecular weight is 256 g/mol. The van der Waals surface area contributed by atoms with Gasteiger partial charge in [-0.15, -0.1) is 0 Å². The maximum atomic E-state index is 11.2. The molecule has 0 aromatic heterocycles. The number of hydrogen-bond acceptors (Lipinski definition) is 5. The van der Waals surface area contributed by atoms with Crippen molar-refractivity contribution in [3.05, 3.63) is 25.3 Å². The second-order valence-electron chi connectivity index (χ2n) is 3.39. The Balaban J connectivity index is 4.26. The molecular weight excluding hydrogens is 240 g/mol. The molecule has 0 fully saturated rings. The number of ether oxygens (including phenoxy) is 2. The van der Waals surface area contributed by atoms with Gasteiger partial charge < -0.3 is 14.6 Å². The number of rotatable bonds is 9. The topological polar surface area (TPSA) is 89.9 Å². The van der Waals surface area contributed by atoms with Crippen molar-refractivity contribution in [3.63, 3.8) is 0 Å². The van der Waals surface area contributed by atoms with Crippen molar-refractivity contribution >= 4 is 17.9 Å². The number of esters is 2. The molecular formula is C12H16O6. The van der Waals surface area contributed by atoms with Gasteiger partial charge in [-0.1, -0.05) is 25.3 Å². The molecule has 0 aromatic carbocycles. The Bertz CT molecular complexity index is 307. The molecule has 0 saturated heterocycles. The third-order valence-electron chi connectivity index (χ3n) is 1.90. The van der Waals surface area contributed by atoms with Gasteiger partial charge in [-0.3, -0.25) is 14.4 Å². The van der Waals surface area contributed by atoms with Gasteiger partial charge in [-0.2, -0.15) is 0 Å². The zero-order chi connectivity index (χ0) is 14.0. The number of carboxylic acid groups (broad SMARTS) is 1. The van der Waals surface area contributed by atoms with Crippen LogP contribution in [0.15, 0.2) is 25.3 Å².